The van der Waals surface area contributed by atoms with E-state index in [1.54, 1.807) is 0 Å². The Morgan fingerprint density at radius 3 is 2.59 bits per heavy atom. The van der Waals surface area contributed by atoms with Crippen LogP contribution in [0.5, 0.6) is 5.75 Å². The summed E-state index contributed by atoms with van der Waals surface area (Å²) in [5.74, 6) is 0.946. The van der Waals surface area contributed by atoms with Crippen LogP contribution >= 0.6 is 0 Å². The largest absolute Gasteiger partial charge is 0.435 e. The van der Waals surface area contributed by atoms with Crippen molar-refractivity contribution in [2.24, 2.45) is 10.9 Å². The molecule has 1 aromatic carbocycles. The zero-order chi connectivity index (χ0) is 19.9. The number of guanidine groups is 1. The maximum absolute atomic E-state index is 12.2. The molecule has 0 spiro atoms. The number of hydrogen-bond donors (Lipinski definition) is 3. The third kappa shape index (κ3) is 7.30. The minimum absolute atomic E-state index is 0.0194. The van der Waals surface area contributed by atoms with Crippen LogP contribution in [0.2, 0.25) is 0 Å². The standard InChI is InChI=1S/C17H25F2N3O4S/c1-2-20-17(21-9-12-7-8-27(24,25)11-12)22-10-15(23)13-3-5-14(6-4-13)26-16(18)19/h3-6,12,15-16,23H,2,7-11H2,1H3,(H2,20,21,22). The highest BCUT2D eigenvalue weighted by Gasteiger charge is 2.27. The Bertz CT molecular complexity index is 726. The van der Waals surface area contributed by atoms with Crippen LogP contribution in [0.15, 0.2) is 29.3 Å². The molecule has 10 heteroatoms. The van der Waals surface area contributed by atoms with E-state index in [2.05, 4.69) is 20.4 Å². The molecule has 0 amide bonds. The predicted octanol–water partition coefficient (Wildman–Crippen LogP) is 1.31. The van der Waals surface area contributed by atoms with Crippen LogP contribution in [-0.4, -0.2) is 57.2 Å². The molecular weight excluding hydrogens is 380 g/mol. The smallest absolute Gasteiger partial charge is 0.387 e. The van der Waals surface area contributed by atoms with Crippen molar-refractivity contribution in [3.63, 3.8) is 0 Å². The second-order valence-corrected chi connectivity index (χ2v) is 8.56. The van der Waals surface area contributed by atoms with Crippen molar-refractivity contribution in [2.75, 3.05) is 31.1 Å². The Morgan fingerprint density at radius 2 is 2.04 bits per heavy atom. The maximum Gasteiger partial charge on any atom is 0.387 e. The van der Waals surface area contributed by atoms with Gasteiger partial charge in [-0.25, -0.2) is 8.42 Å². The summed E-state index contributed by atoms with van der Waals surface area (Å²) in [4.78, 5) is 4.30. The summed E-state index contributed by atoms with van der Waals surface area (Å²) in [6.45, 7) is 0.169. The van der Waals surface area contributed by atoms with Crippen molar-refractivity contribution in [3.8, 4) is 5.75 Å². The second-order valence-electron chi connectivity index (χ2n) is 6.33. The number of sulfone groups is 1. The number of alkyl halides is 2. The van der Waals surface area contributed by atoms with Gasteiger partial charge < -0.3 is 20.5 Å². The molecule has 0 aliphatic carbocycles. The Morgan fingerprint density at radius 1 is 1.33 bits per heavy atom. The van der Waals surface area contributed by atoms with Crippen molar-refractivity contribution in [2.45, 2.75) is 26.1 Å². The van der Waals surface area contributed by atoms with E-state index in [1.807, 2.05) is 6.92 Å². The molecule has 152 valence electrons. The van der Waals surface area contributed by atoms with Gasteiger partial charge in [0.05, 0.1) is 24.2 Å². The summed E-state index contributed by atoms with van der Waals surface area (Å²) in [7, 11) is -2.93. The second kappa shape index (κ2) is 9.84. The highest BCUT2D eigenvalue weighted by molar-refractivity contribution is 7.91. The van der Waals surface area contributed by atoms with E-state index in [0.29, 0.717) is 31.0 Å². The first-order valence-corrected chi connectivity index (χ1v) is 10.6. The number of rotatable bonds is 8. The average Bonchev–Trinajstić information content (AvgIpc) is 2.96. The van der Waals surface area contributed by atoms with E-state index in [1.165, 1.54) is 24.3 Å². The van der Waals surface area contributed by atoms with E-state index < -0.39 is 22.6 Å². The fourth-order valence-corrected chi connectivity index (χ4v) is 4.63. The lowest BCUT2D eigenvalue weighted by Gasteiger charge is -2.15. The van der Waals surface area contributed by atoms with Gasteiger partial charge in [-0.1, -0.05) is 12.1 Å². The molecular formula is C17H25F2N3O4S. The Kier molecular flexibility index (Phi) is 7.78. The normalized spacial score (nSPS) is 20.5. The molecule has 1 fully saturated rings. The van der Waals surface area contributed by atoms with Crippen molar-refractivity contribution in [1.29, 1.82) is 0 Å². The van der Waals surface area contributed by atoms with Gasteiger partial charge in [0.1, 0.15) is 5.75 Å². The lowest BCUT2D eigenvalue weighted by molar-refractivity contribution is -0.0498. The topological polar surface area (TPSA) is 100 Å². The molecule has 1 heterocycles. The fourth-order valence-electron chi connectivity index (χ4n) is 2.77. The van der Waals surface area contributed by atoms with Gasteiger partial charge in [0.15, 0.2) is 15.8 Å². The average molecular weight is 405 g/mol. The lowest BCUT2D eigenvalue weighted by atomic mass is 10.1. The zero-order valence-corrected chi connectivity index (χ0v) is 15.9. The monoisotopic (exact) mass is 405 g/mol. The summed E-state index contributed by atoms with van der Waals surface area (Å²) in [5, 5.41) is 16.4. The van der Waals surface area contributed by atoms with Gasteiger partial charge in [-0.05, 0) is 37.0 Å². The van der Waals surface area contributed by atoms with Gasteiger partial charge in [0.25, 0.3) is 0 Å². The lowest BCUT2D eigenvalue weighted by Crippen LogP contribution is -2.40. The van der Waals surface area contributed by atoms with Crippen LogP contribution in [0.3, 0.4) is 0 Å². The van der Waals surface area contributed by atoms with E-state index >= 15 is 0 Å². The van der Waals surface area contributed by atoms with Gasteiger partial charge in [0, 0.05) is 13.1 Å². The van der Waals surface area contributed by atoms with Crippen LogP contribution in [0.25, 0.3) is 0 Å². The van der Waals surface area contributed by atoms with E-state index in [4.69, 9.17) is 0 Å². The third-order valence-electron chi connectivity index (χ3n) is 4.14. The van der Waals surface area contributed by atoms with E-state index in [9.17, 15) is 22.3 Å². The Labute approximate surface area is 157 Å². The molecule has 2 unspecified atom stereocenters. The summed E-state index contributed by atoms with van der Waals surface area (Å²) in [6, 6.07) is 5.72. The van der Waals surface area contributed by atoms with Crippen LogP contribution in [0.1, 0.15) is 25.0 Å². The molecule has 1 aliphatic heterocycles. The highest BCUT2D eigenvalue weighted by Crippen LogP contribution is 2.20. The molecule has 2 rings (SSSR count). The van der Waals surface area contributed by atoms with Gasteiger partial charge in [-0.15, -0.1) is 0 Å². The van der Waals surface area contributed by atoms with Gasteiger partial charge in [-0.2, -0.15) is 8.78 Å². The molecule has 0 aromatic heterocycles. The molecule has 0 radical (unpaired) electrons. The zero-order valence-electron chi connectivity index (χ0n) is 15.1. The number of ether oxygens (including phenoxy) is 1. The molecule has 1 aromatic rings. The third-order valence-corrected chi connectivity index (χ3v) is 5.98. The first kappa shape index (κ1) is 21.4. The molecule has 3 N–H and O–H groups in total. The quantitative estimate of drug-likeness (QED) is 0.446. The van der Waals surface area contributed by atoms with Crippen LogP contribution in [0, 0.1) is 5.92 Å². The van der Waals surface area contributed by atoms with Gasteiger partial charge in [0.2, 0.25) is 0 Å². The Hall–Kier alpha value is -1.94. The molecule has 27 heavy (non-hydrogen) atoms. The maximum atomic E-state index is 12.2. The number of hydrogen-bond acceptors (Lipinski definition) is 5. The molecule has 7 nitrogen and oxygen atoms in total. The Balaban J connectivity index is 1.89. The van der Waals surface area contributed by atoms with E-state index in [0.717, 1.165) is 0 Å². The summed E-state index contributed by atoms with van der Waals surface area (Å²) in [6.07, 6.45) is -0.280. The van der Waals surface area contributed by atoms with E-state index in [-0.39, 0.29) is 29.7 Å². The molecule has 0 saturated carbocycles. The number of aliphatic hydroxyl groups is 1. The SMILES string of the molecule is CCNC(=NCC(O)c1ccc(OC(F)F)cc1)NCC1CCS(=O)(=O)C1. The van der Waals surface area contributed by atoms with Crippen LogP contribution < -0.4 is 15.4 Å². The van der Waals surface area contributed by atoms with Crippen molar-refractivity contribution in [3.05, 3.63) is 29.8 Å². The van der Waals surface area contributed by atoms with Gasteiger partial charge >= 0.3 is 6.61 Å². The number of benzene rings is 1. The number of aliphatic imine (C=N–C) groups is 1. The number of halogens is 2. The molecule has 0 bridgehead atoms. The number of aliphatic hydroxyl groups excluding tert-OH is 1. The first-order valence-electron chi connectivity index (χ1n) is 8.74. The van der Waals surface area contributed by atoms with Crippen molar-refractivity contribution >= 4 is 15.8 Å². The highest BCUT2D eigenvalue weighted by atomic mass is 32.2. The van der Waals surface area contributed by atoms with Crippen LogP contribution in [-0.2, 0) is 9.84 Å². The first-order chi connectivity index (χ1) is 12.8. The van der Waals surface area contributed by atoms with Crippen LogP contribution in [0.4, 0.5) is 8.78 Å². The predicted molar refractivity (Wildman–Crippen MR) is 98.8 cm³/mol. The number of nitrogens with zero attached hydrogens (tertiary/aromatic N) is 1. The fraction of sp³-hybridized carbons (Fsp3) is 0.588. The van der Waals surface area contributed by atoms with Crippen molar-refractivity contribution in [1.82, 2.24) is 10.6 Å². The summed E-state index contributed by atoms with van der Waals surface area (Å²) in [5.41, 5.74) is 0.526. The van der Waals surface area contributed by atoms with Gasteiger partial charge in [-0.3, -0.25) is 4.99 Å². The summed E-state index contributed by atoms with van der Waals surface area (Å²) < 4.78 is 51.6. The molecule has 1 saturated heterocycles. The minimum atomic E-state index is -2.93. The summed E-state index contributed by atoms with van der Waals surface area (Å²) >= 11 is 0. The minimum Gasteiger partial charge on any atom is -0.435 e. The number of nitrogens with one attached hydrogen (secondary N) is 2. The molecule has 2 atom stereocenters. The van der Waals surface area contributed by atoms with Crippen molar-refractivity contribution < 1.29 is 27.0 Å². The molecule has 1 aliphatic rings.